The molecule has 0 amide bonds. The Hall–Kier alpha value is -2.62. The zero-order valence-electron chi connectivity index (χ0n) is 12.0. The molecule has 0 saturated carbocycles. The molecule has 2 aromatic carbocycles. The van der Waals surface area contributed by atoms with Crippen molar-refractivity contribution in [3.05, 3.63) is 65.6 Å². The highest BCUT2D eigenvalue weighted by atomic mass is 19.1. The molecular formula is C17H16FN3. The topological polar surface area (TPSA) is 43.8 Å². The first-order chi connectivity index (χ1) is 10.1. The molecule has 0 radical (unpaired) electrons. The number of hydrogen-bond donors (Lipinski definition) is 1. The summed E-state index contributed by atoms with van der Waals surface area (Å²) in [6.45, 7) is 4.03. The van der Waals surface area contributed by atoms with Crippen LogP contribution in [0.4, 0.5) is 10.1 Å². The van der Waals surface area contributed by atoms with Crippen molar-refractivity contribution >= 4 is 5.69 Å². The Morgan fingerprint density at radius 2 is 1.86 bits per heavy atom. The molecule has 3 nitrogen and oxygen atoms in total. The van der Waals surface area contributed by atoms with Crippen LogP contribution in [0.3, 0.4) is 0 Å². The minimum Gasteiger partial charge on any atom is -0.396 e. The lowest BCUT2D eigenvalue weighted by molar-refractivity contribution is 0.611. The van der Waals surface area contributed by atoms with Crippen LogP contribution < -0.4 is 5.73 Å². The molecule has 2 N–H and O–H groups in total. The molecule has 0 bridgehead atoms. The van der Waals surface area contributed by atoms with Gasteiger partial charge in [0.2, 0.25) is 0 Å². The lowest BCUT2D eigenvalue weighted by Gasteiger charge is -2.05. The monoisotopic (exact) mass is 281 g/mol. The van der Waals surface area contributed by atoms with Crippen LogP contribution in [-0.2, 0) is 0 Å². The maximum Gasteiger partial charge on any atom is 0.148 e. The van der Waals surface area contributed by atoms with E-state index in [1.807, 2.05) is 32.0 Å². The minimum absolute atomic E-state index is 0.326. The summed E-state index contributed by atoms with van der Waals surface area (Å²) in [6.07, 6.45) is 1.65. The highest BCUT2D eigenvalue weighted by Crippen LogP contribution is 2.29. The Bertz CT molecular complexity index is 806. The van der Waals surface area contributed by atoms with Crippen molar-refractivity contribution in [2.45, 2.75) is 13.8 Å². The number of nitrogens with two attached hydrogens (primary N) is 1. The van der Waals surface area contributed by atoms with E-state index in [-0.39, 0.29) is 5.82 Å². The smallest absolute Gasteiger partial charge is 0.148 e. The molecule has 0 aliphatic rings. The molecule has 0 saturated heterocycles. The van der Waals surface area contributed by atoms with Crippen molar-refractivity contribution in [3.63, 3.8) is 0 Å². The Morgan fingerprint density at radius 1 is 1.10 bits per heavy atom. The van der Waals surface area contributed by atoms with E-state index >= 15 is 0 Å². The minimum atomic E-state index is -0.326. The number of aromatic nitrogens is 2. The van der Waals surface area contributed by atoms with Gasteiger partial charge in [-0.1, -0.05) is 29.8 Å². The summed E-state index contributed by atoms with van der Waals surface area (Å²) in [5.41, 5.74) is 10.9. The maximum absolute atomic E-state index is 13.9. The standard InChI is InChI=1S/C17H16FN3/c1-11-7-8-12(2)13(9-11)17-15(19)10-21(20-17)16-6-4-3-5-14(16)18/h3-10H,19H2,1-2H3. The summed E-state index contributed by atoms with van der Waals surface area (Å²) in [5.74, 6) is -0.326. The summed E-state index contributed by atoms with van der Waals surface area (Å²) in [6, 6.07) is 12.6. The van der Waals surface area contributed by atoms with E-state index in [0.29, 0.717) is 17.1 Å². The van der Waals surface area contributed by atoms with Crippen LogP contribution in [0.25, 0.3) is 16.9 Å². The molecule has 21 heavy (non-hydrogen) atoms. The molecule has 4 heteroatoms. The van der Waals surface area contributed by atoms with Gasteiger partial charge in [-0.2, -0.15) is 5.10 Å². The SMILES string of the molecule is Cc1ccc(C)c(-c2nn(-c3ccccc3F)cc2N)c1. The van der Waals surface area contributed by atoms with Gasteiger partial charge in [0.15, 0.2) is 0 Å². The molecule has 0 spiro atoms. The van der Waals surface area contributed by atoms with Crippen molar-refractivity contribution in [3.8, 4) is 16.9 Å². The van der Waals surface area contributed by atoms with Crippen LogP contribution >= 0.6 is 0 Å². The molecule has 0 atom stereocenters. The van der Waals surface area contributed by atoms with E-state index in [0.717, 1.165) is 16.7 Å². The lowest BCUT2D eigenvalue weighted by atomic mass is 10.0. The van der Waals surface area contributed by atoms with E-state index < -0.39 is 0 Å². The van der Waals surface area contributed by atoms with Gasteiger partial charge < -0.3 is 5.73 Å². The van der Waals surface area contributed by atoms with Crippen LogP contribution in [-0.4, -0.2) is 9.78 Å². The van der Waals surface area contributed by atoms with Crippen molar-refractivity contribution in [1.82, 2.24) is 9.78 Å². The molecule has 0 fully saturated rings. The van der Waals surface area contributed by atoms with Crippen LogP contribution in [0, 0.1) is 19.7 Å². The Labute approximate surface area is 122 Å². The fourth-order valence-corrected chi connectivity index (χ4v) is 2.35. The average Bonchev–Trinajstić information content (AvgIpc) is 2.84. The first-order valence-corrected chi connectivity index (χ1v) is 6.74. The molecule has 0 aliphatic heterocycles. The van der Waals surface area contributed by atoms with Gasteiger partial charge >= 0.3 is 0 Å². The number of rotatable bonds is 2. The van der Waals surface area contributed by atoms with Gasteiger partial charge in [0.05, 0.1) is 11.9 Å². The predicted molar refractivity (Wildman–Crippen MR) is 82.8 cm³/mol. The van der Waals surface area contributed by atoms with Crippen molar-refractivity contribution in [2.24, 2.45) is 0 Å². The average molecular weight is 281 g/mol. The number of aryl methyl sites for hydroxylation is 2. The third-order valence-corrected chi connectivity index (χ3v) is 3.49. The molecule has 3 rings (SSSR count). The van der Waals surface area contributed by atoms with E-state index in [4.69, 9.17) is 5.73 Å². The number of halogens is 1. The summed E-state index contributed by atoms with van der Waals surface area (Å²) < 4.78 is 15.3. The van der Waals surface area contributed by atoms with Gasteiger partial charge in [0.25, 0.3) is 0 Å². The molecule has 106 valence electrons. The molecular weight excluding hydrogens is 265 g/mol. The first-order valence-electron chi connectivity index (χ1n) is 6.74. The molecule has 0 unspecified atom stereocenters. The zero-order valence-corrected chi connectivity index (χ0v) is 12.0. The molecule has 1 heterocycles. The number of hydrogen-bond acceptors (Lipinski definition) is 2. The quantitative estimate of drug-likeness (QED) is 0.774. The van der Waals surface area contributed by atoms with Crippen LogP contribution in [0.5, 0.6) is 0 Å². The van der Waals surface area contributed by atoms with Gasteiger partial charge in [-0.05, 0) is 37.6 Å². The Balaban J connectivity index is 2.15. The largest absolute Gasteiger partial charge is 0.396 e. The van der Waals surface area contributed by atoms with E-state index in [1.165, 1.54) is 10.7 Å². The summed E-state index contributed by atoms with van der Waals surface area (Å²) >= 11 is 0. The van der Waals surface area contributed by atoms with Gasteiger partial charge in [0.1, 0.15) is 17.2 Å². The Morgan fingerprint density at radius 3 is 2.62 bits per heavy atom. The third kappa shape index (κ3) is 2.40. The number of nitrogen functional groups attached to an aromatic ring is 1. The summed E-state index contributed by atoms with van der Waals surface area (Å²) in [5, 5.41) is 4.46. The second-order valence-corrected chi connectivity index (χ2v) is 5.15. The fourth-order valence-electron chi connectivity index (χ4n) is 2.35. The van der Waals surface area contributed by atoms with Crippen LogP contribution in [0.2, 0.25) is 0 Å². The fraction of sp³-hybridized carbons (Fsp3) is 0.118. The van der Waals surface area contributed by atoms with Crippen LogP contribution in [0.1, 0.15) is 11.1 Å². The number of nitrogens with zero attached hydrogens (tertiary/aromatic N) is 2. The zero-order chi connectivity index (χ0) is 15.0. The van der Waals surface area contributed by atoms with Gasteiger partial charge in [-0.25, -0.2) is 9.07 Å². The molecule has 1 aromatic heterocycles. The van der Waals surface area contributed by atoms with E-state index in [1.54, 1.807) is 24.4 Å². The van der Waals surface area contributed by atoms with Gasteiger partial charge in [0, 0.05) is 5.56 Å². The maximum atomic E-state index is 13.9. The van der Waals surface area contributed by atoms with Gasteiger partial charge in [-0.15, -0.1) is 0 Å². The predicted octanol–water partition coefficient (Wildman–Crippen LogP) is 3.88. The summed E-state index contributed by atoms with van der Waals surface area (Å²) in [7, 11) is 0. The molecule has 3 aromatic rings. The van der Waals surface area contributed by atoms with Gasteiger partial charge in [-0.3, -0.25) is 0 Å². The van der Waals surface area contributed by atoms with Crippen molar-refractivity contribution in [2.75, 3.05) is 5.73 Å². The lowest BCUT2D eigenvalue weighted by Crippen LogP contribution is -1.98. The van der Waals surface area contributed by atoms with E-state index in [9.17, 15) is 4.39 Å². The number of para-hydroxylation sites is 1. The van der Waals surface area contributed by atoms with Crippen LogP contribution in [0.15, 0.2) is 48.7 Å². The second kappa shape index (κ2) is 5.05. The first kappa shape index (κ1) is 13.4. The Kier molecular flexibility index (Phi) is 3.22. The number of benzene rings is 2. The molecule has 0 aliphatic carbocycles. The third-order valence-electron chi connectivity index (χ3n) is 3.49. The highest BCUT2D eigenvalue weighted by Gasteiger charge is 2.13. The highest BCUT2D eigenvalue weighted by molar-refractivity contribution is 5.75. The van der Waals surface area contributed by atoms with Crippen molar-refractivity contribution < 1.29 is 4.39 Å². The number of anilines is 1. The van der Waals surface area contributed by atoms with Crippen molar-refractivity contribution in [1.29, 1.82) is 0 Å². The second-order valence-electron chi connectivity index (χ2n) is 5.15. The van der Waals surface area contributed by atoms with E-state index in [2.05, 4.69) is 5.10 Å². The summed E-state index contributed by atoms with van der Waals surface area (Å²) in [4.78, 5) is 0. The normalized spacial score (nSPS) is 10.8.